The van der Waals surface area contributed by atoms with Crippen LogP contribution in [-0.2, 0) is 0 Å². The highest BCUT2D eigenvalue weighted by Crippen LogP contribution is 2.23. The first-order chi connectivity index (χ1) is 9.06. The van der Waals surface area contributed by atoms with Gasteiger partial charge in [-0.2, -0.15) is 0 Å². The molecule has 0 heterocycles. The SMILES string of the molecule is Cc1c(Cl)cccc1NC(=O)Nc1cccc(Cl)c1. The zero-order chi connectivity index (χ0) is 13.8. The van der Waals surface area contributed by atoms with Crippen LogP contribution in [0.15, 0.2) is 42.5 Å². The highest BCUT2D eigenvalue weighted by molar-refractivity contribution is 6.32. The third kappa shape index (κ3) is 3.63. The summed E-state index contributed by atoms with van der Waals surface area (Å²) >= 11 is 11.8. The third-order valence-electron chi connectivity index (χ3n) is 2.60. The molecule has 2 aromatic rings. The van der Waals surface area contributed by atoms with Crippen LogP contribution in [0.2, 0.25) is 10.0 Å². The number of urea groups is 1. The van der Waals surface area contributed by atoms with E-state index in [1.807, 2.05) is 6.92 Å². The Morgan fingerprint density at radius 2 is 1.79 bits per heavy atom. The first-order valence-corrected chi connectivity index (χ1v) is 6.40. The van der Waals surface area contributed by atoms with E-state index >= 15 is 0 Å². The average Bonchev–Trinajstić information content (AvgIpc) is 2.35. The molecule has 0 saturated heterocycles. The summed E-state index contributed by atoms with van der Waals surface area (Å²) in [4.78, 5) is 11.8. The topological polar surface area (TPSA) is 41.1 Å². The summed E-state index contributed by atoms with van der Waals surface area (Å²) in [7, 11) is 0. The van der Waals surface area contributed by atoms with Gasteiger partial charge in [-0.15, -0.1) is 0 Å². The molecule has 0 aliphatic rings. The number of rotatable bonds is 2. The van der Waals surface area contributed by atoms with Crippen molar-refractivity contribution in [2.75, 3.05) is 10.6 Å². The van der Waals surface area contributed by atoms with E-state index in [2.05, 4.69) is 10.6 Å². The van der Waals surface area contributed by atoms with Crippen LogP contribution in [0.1, 0.15) is 5.56 Å². The summed E-state index contributed by atoms with van der Waals surface area (Å²) in [5.41, 5.74) is 2.13. The molecule has 0 unspecified atom stereocenters. The summed E-state index contributed by atoms with van der Waals surface area (Å²) in [6.07, 6.45) is 0. The van der Waals surface area contributed by atoms with E-state index in [0.717, 1.165) is 5.56 Å². The van der Waals surface area contributed by atoms with Gasteiger partial charge in [0, 0.05) is 21.4 Å². The van der Waals surface area contributed by atoms with Crippen molar-refractivity contribution >= 4 is 40.6 Å². The van der Waals surface area contributed by atoms with Gasteiger partial charge >= 0.3 is 6.03 Å². The summed E-state index contributed by atoms with van der Waals surface area (Å²) in [5, 5.41) is 6.62. The number of carbonyl (C=O) groups is 1. The van der Waals surface area contributed by atoms with Crippen molar-refractivity contribution in [2.45, 2.75) is 6.92 Å². The molecule has 0 fully saturated rings. The Morgan fingerprint density at radius 1 is 1.05 bits per heavy atom. The number of halogens is 2. The number of nitrogens with one attached hydrogen (secondary N) is 2. The maximum Gasteiger partial charge on any atom is 0.323 e. The van der Waals surface area contributed by atoms with Crippen LogP contribution in [0.3, 0.4) is 0 Å². The average molecular weight is 295 g/mol. The zero-order valence-corrected chi connectivity index (χ0v) is 11.7. The molecular weight excluding hydrogens is 283 g/mol. The molecular formula is C14H12Cl2N2O. The van der Waals surface area contributed by atoms with E-state index in [0.29, 0.717) is 21.4 Å². The number of hydrogen-bond acceptors (Lipinski definition) is 1. The second kappa shape index (κ2) is 5.95. The number of amides is 2. The van der Waals surface area contributed by atoms with Crippen LogP contribution in [-0.4, -0.2) is 6.03 Å². The monoisotopic (exact) mass is 294 g/mol. The number of benzene rings is 2. The Balaban J connectivity index is 2.08. The Kier molecular flexibility index (Phi) is 4.30. The molecule has 5 heteroatoms. The van der Waals surface area contributed by atoms with Gasteiger partial charge in [0.1, 0.15) is 0 Å². The Morgan fingerprint density at radius 3 is 2.53 bits per heavy atom. The summed E-state index contributed by atoms with van der Waals surface area (Å²) < 4.78 is 0. The lowest BCUT2D eigenvalue weighted by Gasteiger charge is -2.10. The Hall–Kier alpha value is -1.71. The third-order valence-corrected chi connectivity index (χ3v) is 3.24. The van der Waals surface area contributed by atoms with Gasteiger partial charge in [-0.05, 0) is 42.8 Å². The number of hydrogen-bond donors (Lipinski definition) is 2. The fourth-order valence-corrected chi connectivity index (χ4v) is 1.96. The molecule has 0 bridgehead atoms. The quantitative estimate of drug-likeness (QED) is 0.809. The molecule has 0 aliphatic carbocycles. The van der Waals surface area contributed by atoms with Crippen LogP contribution in [0.4, 0.5) is 16.2 Å². The van der Waals surface area contributed by atoms with Crippen molar-refractivity contribution in [2.24, 2.45) is 0 Å². The van der Waals surface area contributed by atoms with Crippen LogP contribution in [0.5, 0.6) is 0 Å². The van der Waals surface area contributed by atoms with Crippen LogP contribution in [0, 0.1) is 6.92 Å². The fourth-order valence-electron chi connectivity index (χ4n) is 1.59. The van der Waals surface area contributed by atoms with Gasteiger partial charge in [-0.3, -0.25) is 0 Å². The van der Waals surface area contributed by atoms with Gasteiger partial charge in [0.05, 0.1) is 0 Å². The molecule has 2 N–H and O–H groups in total. The van der Waals surface area contributed by atoms with Gasteiger partial charge < -0.3 is 10.6 Å². The van der Waals surface area contributed by atoms with Gasteiger partial charge in [0.25, 0.3) is 0 Å². The minimum absolute atomic E-state index is 0.340. The standard InChI is InChI=1S/C14H12Cl2N2O/c1-9-12(16)6-3-7-13(9)18-14(19)17-11-5-2-4-10(15)8-11/h2-8H,1H3,(H2,17,18,19). The molecule has 0 spiro atoms. The highest BCUT2D eigenvalue weighted by Gasteiger charge is 2.06. The Bertz CT molecular complexity index is 614. The first kappa shape index (κ1) is 13.7. The van der Waals surface area contributed by atoms with Crippen molar-refractivity contribution in [3.05, 3.63) is 58.1 Å². The summed E-state index contributed by atoms with van der Waals surface area (Å²) in [6.45, 7) is 1.84. The smallest absolute Gasteiger partial charge is 0.308 e. The molecule has 0 aromatic heterocycles. The van der Waals surface area contributed by atoms with E-state index < -0.39 is 0 Å². The summed E-state index contributed by atoms with van der Waals surface area (Å²) in [5.74, 6) is 0. The fraction of sp³-hybridized carbons (Fsp3) is 0.0714. The first-order valence-electron chi connectivity index (χ1n) is 5.65. The van der Waals surface area contributed by atoms with Gasteiger partial charge in [0.15, 0.2) is 0 Å². The Labute approximate surface area is 121 Å². The molecule has 0 atom stereocenters. The molecule has 3 nitrogen and oxygen atoms in total. The van der Waals surface area contributed by atoms with Gasteiger partial charge in [-0.25, -0.2) is 4.79 Å². The van der Waals surface area contributed by atoms with Crippen molar-refractivity contribution in [3.63, 3.8) is 0 Å². The maximum absolute atomic E-state index is 11.8. The molecule has 98 valence electrons. The van der Waals surface area contributed by atoms with E-state index in [1.165, 1.54) is 0 Å². The molecule has 0 aliphatic heterocycles. The number of anilines is 2. The van der Waals surface area contributed by atoms with Gasteiger partial charge in [0.2, 0.25) is 0 Å². The molecule has 0 saturated carbocycles. The predicted octanol–water partition coefficient (Wildman–Crippen LogP) is 4.95. The minimum atomic E-state index is -0.340. The second-order valence-corrected chi connectivity index (χ2v) is 4.85. The van der Waals surface area contributed by atoms with Crippen molar-refractivity contribution < 1.29 is 4.79 Å². The van der Waals surface area contributed by atoms with E-state index in [4.69, 9.17) is 23.2 Å². The molecule has 2 rings (SSSR count). The van der Waals surface area contributed by atoms with Gasteiger partial charge in [-0.1, -0.05) is 35.3 Å². The van der Waals surface area contributed by atoms with Crippen molar-refractivity contribution in [1.29, 1.82) is 0 Å². The van der Waals surface area contributed by atoms with E-state index in [-0.39, 0.29) is 6.03 Å². The largest absolute Gasteiger partial charge is 0.323 e. The molecule has 19 heavy (non-hydrogen) atoms. The lowest BCUT2D eigenvalue weighted by molar-refractivity contribution is 0.262. The van der Waals surface area contributed by atoms with Crippen molar-refractivity contribution in [1.82, 2.24) is 0 Å². The lowest BCUT2D eigenvalue weighted by atomic mass is 10.2. The minimum Gasteiger partial charge on any atom is -0.308 e. The lowest BCUT2D eigenvalue weighted by Crippen LogP contribution is -2.19. The molecule has 2 aromatic carbocycles. The van der Waals surface area contributed by atoms with Crippen LogP contribution < -0.4 is 10.6 Å². The van der Waals surface area contributed by atoms with Crippen molar-refractivity contribution in [3.8, 4) is 0 Å². The zero-order valence-electron chi connectivity index (χ0n) is 10.2. The van der Waals surface area contributed by atoms with E-state index in [1.54, 1.807) is 42.5 Å². The predicted molar refractivity (Wildman–Crippen MR) is 80.3 cm³/mol. The normalized spacial score (nSPS) is 10.1. The molecule has 0 radical (unpaired) electrons. The maximum atomic E-state index is 11.8. The van der Waals surface area contributed by atoms with Crippen LogP contribution >= 0.6 is 23.2 Å². The number of carbonyl (C=O) groups excluding carboxylic acids is 1. The van der Waals surface area contributed by atoms with Crippen LogP contribution in [0.25, 0.3) is 0 Å². The van der Waals surface area contributed by atoms with E-state index in [9.17, 15) is 4.79 Å². The second-order valence-electron chi connectivity index (χ2n) is 4.00. The molecule has 2 amide bonds. The summed E-state index contributed by atoms with van der Waals surface area (Å²) in [6, 6.07) is 11.9. The highest BCUT2D eigenvalue weighted by atomic mass is 35.5.